The quantitative estimate of drug-likeness (QED) is 0.766. The third kappa shape index (κ3) is 1.48. The Morgan fingerprint density at radius 1 is 1.44 bits per heavy atom. The lowest BCUT2D eigenvalue weighted by molar-refractivity contribution is 0.357. The third-order valence-corrected chi connectivity index (χ3v) is 3.39. The maximum absolute atomic E-state index is 9.23. The van der Waals surface area contributed by atoms with E-state index in [9.17, 15) is 5.26 Å². The van der Waals surface area contributed by atoms with E-state index in [-0.39, 0.29) is 0 Å². The fourth-order valence-electron chi connectivity index (χ4n) is 2.27. The summed E-state index contributed by atoms with van der Waals surface area (Å²) in [5.74, 6) is 1.79. The highest BCUT2D eigenvalue weighted by molar-refractivity contribution is 5.67. The Morgan fingerprint density at radius 2 is 2.28 bits per heavy atom. The summed E-state index contributed by atoms with van der Waals surface area (Å²) in [5.41, 5.74) is 3.54. The second kappa shape index (κ2) is 3.88. The molecule has 0 saturated heterocycles. The van der Waals surface area contributed by atoms with E-state index in [1.165, 1.54) is 5.56 Å². The molecule has 0 atom stereocenters. The molecule has 0 aliphatic carbocycles. The van der Waals surface area contributed by atoms with E-state index in [1.54, 1.807) is 0 Å². The van der Waals surface area contributed by atoms with Crippen molar-refractivity contribution in [2.45, 2.75) is 13.3 Å². The van der Waals surface area contributed by atoms with E-state index in [2.05, 4.69) is 17.1 Å². The van der Waals surface area contributed by atoms with Crippen LogP contribution in [0.3, 0.4) is 0 Å². The largest absolute Gasteiger partial charge is 0.493 e. The Bertz CT molecular complexity index is 664. The van der Waals surface area contributed by atoms with Crippen LogP contribution in [-0.4, -0.2) is 16.2 Å². The highest BCUT2D eigenvalue weighted by Crippen LogP contribution is 2.31. The van der Waals surface area contributed by atoms with Gasteiger partial charge in [0.15, 0.2) is 0 Å². The van der Waals surface area contributed by atoms with E-state index in [0.29, 0.717) is 5.69 Å². The molecule has 0 saturated carbocycles. The van der Waals surface area contributed by atoms with Gasteiger partial charge in [0, 0.05) is 19.0 Å². The van der Waals surface area contributed by atoms with Crippen molar-refractivity contribution in [3.8, 4) is 23.1 Å². The zero-order chi connectivity index (χ0) is 12.7. The fourth-order valence-corrected chi connectivity index (χ4v) is 2.27. The molecular formula is C14H13N3O. The number of rotatable bonds is 1. The van der Waals surface area contributed by atoms with E-state index >= 15 is 0 Å². The van der Waals surface area contributed by atoms with Gasteiger partial charge in [-0.25, -0.2) is 4.98 Å². The lowest BCUT2D eigenvalue weighted by Crippen LogP contribution is -1.94. The lowest BCUT2D eigenvalue weighted by Gasteiger charge is -2.02. The Labute approximate surface area is 105 Å². The van der Waals surface area contributed by atoms with Crippen LogP contribution in [0, 0.1) is 18.3 Å². The Hall–Kier alpha value is -2.28. The topological polar surface area (TPSA) is 50.8 Å². The molecule has 90 valence electrons. The number of fused-ring (bicyclic) bond motifs is 1. The minimum absolute atomic E-state index is 0.603. The zero-order valence-electron chi connectivity index (χ0n) is 10.4. The van der Waals surface area contributed by atoms with Crippen molar-refractivity contribution in [2.24, 2.45) is 7.05 Å². The monoisotopic (exact) mass is 239 g/mol. The van der Waals surface area contributed by atoms with Crippen LogP contribution in [0.1, 0.15) is 17.1 Å². The first kappa shape index (κ1) is 10.8. The van der Waals surface area contributed by atoms with Crippen LogP contribution in [-0.2, 0) is 13.5 Å². The fraction of sp³-hybridized carbons (Fsp3) is 0.286. The van der Waals surface area contributed by atoms with Crippen LogP contribution in [0.4, 0.5) is 0 Å². The number of aryl methyl sites for hydroxylation is 1. The summed E-state index contributed by atoms with van der Waals surface area (Å²) in [4.78, 5) is 4.48. The number of nitrogens with zero attached hydrogens (tertiary/aromatic N) is 3. The number of hydrogen-bond acceptors (Lipinski definition) is 3. The molecule has 0 amide bonds. The zero-order valence-corrected chi connectivity index (χ0v) is 10.4. The predicted octanol–water partition coefficient (Wildman–Crippen LogP) is 2.20. The second-order valence-electron chi connectivity index (χ2n) is 4.45. The van der Waals surface area contributed by atoms with Crippen LogP contribution in [0.15, 0.2) is 18.2 Å². The van der Waals surface area contributed by atoms with Crippen LogP contribution < -0.4 is 4.74 Å². The molecule has 1 aliphatic heterocycles. The second-order valence-corrected chi connectivity index (χ2v) is 4.45. The summed E-state index contributed by atoms with van der Waals surface area (Å²) >= 11 is 0. The minimum atomic E-state index is 0.603. The summed E-state index contributed by atoms with van der Waals surface area (Å²) in [6, 6.07) is 8.22. The van der Waals surface area contributed by atoms with Crippen molar-refractivity contribution < 1.29 is 4.74 Å². The van der Waals surface area contributed by atoms with Gasteiger partial charge in [0.25, 0.3) is 0 Å². The van der Waals surface area contributed by atoms with Gasteiger partial charge in [0.2, 0.25) is 0 Å². The van der Waals surface area contributed by atoms with Gasteiger partial charge in [0.1, 0.15) is 29.0 Å². The molecule has 3 rings (SSSR count). The smallest absolute Gasteiger partial charge is 0.147 e. The average Bonchev–Trinajstić information content (AvgIpc) is 2.94. The van der Waals surface area contributed by atoms with Crippen LogP contribution in [0.25, 0.3) is 11.3 Å². The van der Waals surface area contributed by atoms with Crippen molar-refractivity contribution in [2.75, 3.05) is 6.61 Å². The first-order valence-corrected chi connectivity index (χ1v) is 5.90. The first-order chi connectivity index (χ1) is 8.70. The molecule has 0 unspecified atom stereocenters. The van der Waals surface area contributed by atoms with Gasteiger partial charge in [-0.1, -0.05) is 0 Å². The molecule has 0 N–H and O–H groups in total. The van der Waals surface area contributed by atoms with Gasteiger partial charge in [-0.05, 0) is 30.7 Å². The highest BCUT2D eigenvalue weighted by Gasteiger charge is 2.17. The maximum Gasteiger partial charge on any atom is 0.147 e. The number of benzene rings is 1. The number of nitriles is 1. The summed E-state index contributed by atoms with van der Waals surface area (Å²) in [6.45, 7) is 2.64. The van der Waals surface area contributed by atoms with E-state index in [0.717, 1.165) is 35.9 Å². The van der Waals surface area contributed by atoms with Crippen molar-refractivity contribution >= 4 is 0 Å². The van der Waals surface area contributed by atoms with Crippen molar-refractivity contribution in [1.82, 2.24) is 9.55 Å². The highest BCUT2D eigenvalue weighted by atomic mass is 16.5. The molecule has 0 radical (unpaired) electrons. The molecule has 0 fully saturated rings. The van der Waals surface area contributed by atoms with Crippen LogP contribution in [0.2, 0.25) is 0 Å². The normalized spacial score (nSPS) is 12.9. The van der Waals surface area contributed by atoms with Crippen LogP contribution in [0.5, 0.6) is 5.75 Å². The maximum atomic E-state index is 9.23. The third-order valence-electron chi connectivity index (χ3n) is 3.39. The van der Waals surface area contributed by atoms with Gasteiger partial charge < -0.3 is 9.30 Å². The van der Waals surface area contributed by atoms with Crippen molar-refractivity contribution in [3.63, 3.8) is 0 Å². The first-order valence-electron chi connectivity index (χ1n) is 5.90. The molecule has 4 nitrogen and oxygen atoms in total. The summed E-state index contributed by atoms with van der Waals surface area (Å²) in [7, 11) is 1.86. The van der Waals surface area contributed by atoms with Gasteiger partial charge in [-0.15, -0.1) is 0 Å². The van der Waals surface area contributed by atoms with Crippen molar-refractivity contribution in [3.05, 3.63) is 35.3 Å². The number of aromatic nitrogens is 2. The Kier molecular flexibility index (Phi) is 2.34. The molecule has 1 aromatic carbocycles. The molecule has 1 aliphatic rings. The molecular weight excluding hydrogens is 226 g/mol. The van der Waals surface area contributed by atoms with Gasteiger partial charge in [0.05, 0.1) is 6.61 Å². The standard InChI is InChI=1S/C14H13N3O/c1-9-16-14(12(8-15)17(9)2)11-3-4-13-10(7-11)5-6-18-13/h3-4,7H,5-6H2,1-2H3. The average molecular weight is 239 g/mol. The lowest BCUT2D eigenvalue weighted by atomic mass is 10.1. The molecule has 2 aromatic rings. The van der Waals surface area contributed by atoms with Gasteiger partial charge in [-0.3, -0.25) is 0 Å². The summed E-state index contributed by atoms with van der Waals surface area (Å²) < 4.78 is 7.30. The van der Waals surface area contributed by atoms with Crippen molar-refractivity contribution in [1.29, 1.82) is 5.26 Å². The molecule has 1 aromatic heterocycles. The van der Waals surface area contributed by atoms with E-state index < -0.39 is 0 Å². The number of hydrogen-bond donors (Lipinski definition) is 0. The SMILES string of the molecule is Cc1nc(-c2ccc3c(c2)CCO3)c(C#N)n1C. The van der Waals surface area contributed by atoms with E-state index in [4.69, 9.17) is 4.74 Å². The van der Waals surface area contributed by atoms with Gasteiger partial charge in [-0.2, -0.15) is 5.26 Å². The summed E-state index contributed by atoms with van der Waals surface area (Å²) in [5, 5.41) is 9.23. The Balaban J connectivity index is 2.16. The molecule has 0 spiro atoms. The molecule has 18 heavy (non-hydrogen) atoms. The molecule has 2 heterocycles. The van der Waals surface area contributed by atoms with Gasteiger partial charge >= 0.3 is 0 Å². The molecule has 4 heteroatoms. The predicted molar refractivity (Wildman–Crippen MR) is 67.3 cm³/mol. The summed E-state index contributed by atoms with van der Waals surface area (Å²) in [6.07, 6.45) is 0.927. The number of imidazole rings is 1. The van der Waals surface area contributed by atoms with Crippen LogP contribution >= 0.6 is 0 Å². The van der Waals surface area contributed by atoms with E-state index in [1.807, 2.05) is 30.7 Å². The number of ether oxygens (including phenoxy) is 1. The minimum Gasteiger partial charge on any atom is -0.493 e. The Morgan fingerprint density at radius 3 is 3.06 bits per heavy atom. The molecule has 0 bridgehead atoms.